The molecule has 2 unspecified atom stereocenters. The molecule has 21 heavy (non-hydrogen) atoms. The third-order valence-corrected chi connectivity index (χ3v) is 3.36. The molecule has 124 valence electrons. The predicted octanol–water partition coefficient (Wildman–Crippen LogP) is 3.17. The number of nitrogens with zero attached hydrogens (tertiary/aromatic N) is 1. The minimum atomic E-state index is -4.24. The molecular weight excluding hydrogens is 285 g/mol. The lowest BCUT2D eigenvalue weighted by molar-refractivity contribution is -0.127. The molecule has 0 bridgehead atoms. The summed E-state index contributed by atoms with van der Waals surface area (Å²) in [6.07, 6.45) is -3.23. The zero-order valence-corrected chi connectivity index (χ0v) is 13.1. The van der Waals surface area contributed by atoms with E-state index in [1.165, 1.54) is 4.90 Å². The molecule has 1 aliphatic heterocycles. The highest BCUT2D eigenvalue weighted by Crippen LogP contribution is 2.23. The number of halogens is 3. The SMILES string of the molecule is CCC1CC(NCC(F)(F)F)CN(C(=O)OC(C)(C)C)C1. The molecule has 0 aromatic heterocycles. The third kappa shape index (κ3) is 7.02. The van der Waals surface area contributed by atoms with E-state index < -0.39 is 24.4 Å². The first-order chi connectivity index (χ1) is 9.50. The van der Waals surface area contributed by atoms with Gasteiger partial charge in [-0.05, 0) is 33.1 Å². The first kappa shape index (κ1) is 18.1. The van der Waals surface area contributed by atoms with Crippen molar-refractivity contribution in [1.82, 2.24) is 10.2 Å². The lowest BCUT2D eigenvalue weighted by atomic mass is 9.92. The molecule has 1 saturated heterocycles. The number of nitrogens with one attached hydrogen (secondary N) is 1. The smallest absolute Gasteiger partial charge is 0.410 e. The molecule has 2 atom stereocenters. The van der Waals surface area contributed by atoms with Crippen molar-refractivity contribution in [3.8, 4) is 0 Å². The van der Waals surface area contributed by atoms with Crippen LogP contribution in [0.4, 0.5) is 18.0 Å². The Balaban J connectivity index is 2.62. The van der Waals surface area contributed by atoms with Crippen LogP contribution in [-0.2, 0) is 4.74 Å². The molecule has 4 nitrogen and oxygen atoms in total. The first-order valence-electron chi connectivity index (χ1n) is 7.28. The number of carbonyl (C=O) groups excluding carboxylic acids is 1. The maximum absolute atomic E-state index is 12.3. The summed E-state index contributed by atoms with van der Waals surface area (Å²) in [4.78, 5) is 13.6. The standard InChI is InChI=1S/C14H25F3N2O2/c1-5-10-6-11(18-9-14(15,16)17)8-19(7-10)12(20)21-13(2,3)4/h10-11,18H,5-9H2,1-4H3. The van der Waals surface area contributed by atoms with Crippen LogP contribution >= 0.6 is 0 Å². The largest absolute Gasteiger partial charge is 0.444 e. The summed E-state index contributed by atoms with van der Waals surface area (Å²) < 4.78 is 42.2. The number of likely N-dealkylation sites (tertiary alicyclic amines) is 1. The lowest BCUT2D eigenvalue weighted by Crippen LogP contribution is -2.53. The van der Waals surface area contributed by atoms with E-state index >= 15 is 0 Å². The van der Waals surface area contributed by atoms with E-state index in [2.05, 4.69) is 5.32 Å². The maximum atomic E-state index is 12.3. The van der Waals surface area contributed by atoms with Crippen LogP contribution in [0.3, 0.4) is 0 Å². The number of carbonyl (C=O) groups is 1. The number of piperidine rings is 1. The monoisotopic (exact) mass is 310 g/mol. The van der Waals surface area contributed by atoms with Gasteiger partial charge in [0, 0.05) is 19.1 Å². The maximum Gasteiger partial charge on any atom is 0.410 e. The Kier molecular flexibility index (Phi) is 5.90. The zero-order valence-electron chi connectivity index (χ0n) is 13.1. The number of hydrogen-bond donors (Lipinski definition) is 1. The number of hydrogen-bond acceptors (Lipinski definition) is 3. The summed E-state index contributed by atoms with van der Waals surface area (Å²) in [5.74, 6) is 0.192. The number of alkyl halides is 3. The van der Waals surface area contributed by atoms with Crippen molar-refractivity contribution in [3.05, 3.63) is 0 Å². The van der Waals surface area contributed by atoms with Gasteiger partial charge in [0.1, 0.15) is 5.60 Å². The van der Waals surface area contributed by atoms with Crippen molar-refractivity contribution in [2.75, 3.05) is 19.6 Å². The molecule has 1 N–H and O–H groups in total. The Morgan fingerprint density at radius 3 is 2.38 bits per heavy atom. The Bertz CT molecular complexity index is 353. The summed E-state index contributed by atoms with van der Waals surface area (Å²) in [5, 5.41) is 2.50. The highest BCUT2D eigenvalue weighted by Gasteiger charge is 2.34. The Morgan fingerprint density at radius 1 is 1.29 bits per heavy atom. The van der Waals surface area contributed by atoms with Gasteiger partial charge in [0.25, 0.3) is 0 Å². The fraction of sp³-hybridized carbons (Fsp3) is 0.929. The Morgan fingerprint density at radius 2 is 1.90 bits per heavy atom. The van der Waals surface area contributed by atoms with Gasteiger partial charge < -0.3 is 15.0 Å². The summed E-state index contributed by atoms with van der Waals surface area (Å²) >= 11 is 0. The average molecular weight is 310 g/mol. The van der Waals surface area contributed by atoms with Crippen molar-refractivity contribution in [2.45, 2.75) is 58.4 Å². The predicted molar refractivity (Wildman–Crippen MR) is 74.1 cm³/mol. The van der Waals surface area contributed by atoms with Gasteiger partial charge >= 0.3 is 12.3 Å². The van der Waals surface area contributed by atoms with Gasteiger partial charge in [0.05, 0.1) is 6.54 Å². The highest BCUT2D eigenvalue weighted by atomic mass is 19.4. The molecule has 1 fully saturated rings. The zero-order chi connectivity index (χ0) is 16.3. The molecule has 1 amide bonds. The van der Waals surface area contributed by atoms with Crippen molar-refractivity contribution in [1.29, 1.82) is 0 Å². The summed E-state index contributed by atoms with van der Waals surface area (Å²) in [6, 6.07) is -0.349. The van der Waals surface area contributed by atoms with Gasteiger partial charge in [-0.1, -0.05) is 13.3 Å². The average Bonchev–Trinajstić information content (AvgIpc) is 2.33. The van der Waals surface area contributed by atoms with Gasteiger partial charge in [-0.25, -0.2) is 4.79 Å². The van der Waals surface area contributed by atoms with Crippen LogP contribution < -0.4 is 5.32 Å². The molecule has 0 aliphatic carbocycles. The molecule has 0 aromatic carbocycles. The molecular formula is C14H25F3N2O2. The fourth-order valence-corrected chi connectivity index (χ4v) is 2.38. The van der Waals surface area contributed by atoms with E-state index in [0.717, 1.165) is 6.42 Å². The summed E-state index contributed by atoms with van der Waals surface area (Å²) in [5.41, 5.74) is -0.606. The van der Waals surface area contributed by atoms with Gasteiger partial charge in [0.2, 0.25) is 0 Å². The van der Waals surface area contributed by atoms with Crippen molar-refractivity contribution < 1.29 is 22.7 Å². The quantitative estimate of drug-likeness (QED) is 0.870. The molecule has 0 aromatic rings. The normalized spacial score (nSPS) is 24.0. The van der Waals surface area contributed by atoms with Crippen LogP contribution in [0.5, 0.6) is 0 Å². The van der Waals surface area contributed by atoms with Crippen LogP contribution in [0.1, 0.15) is 40.5 Å². The van der Waals surface area contributed by atoms with Crippen molar-refractivity contribution in [2.24, 2.45) is 5.92 Å². The van der Waals surface area contributed by atoms with E-state index in [1.807, 2.05) is 6.92 Å². The van der Waals surface area contributed by atoms with Gasteiger partial charge in [-0.15, -0.1) is 0 Å². The minimum Gasteiger partial charge on any atom is -0.444 e. The van der Waals surface area contributed by atoms with Crippen LogP contribution in [0.15, 0.2) is 0 Å². The van der Waals surface area contributed by atoms with Gasteiger partial charge in [-0.2, -0.15) is 13.2 Å². The topological polar surface area (TPSA) is 41.6 Å². The second kappa shape index (κ2) is 6.85. The van der Waals surface area contributed by atoms with Crippen LogP contribution in [-0.4, -0.2) is 48.4 Å². The molecule has 1 heterocycles. The van der Waals surface area contributed by atoms with Crippen LogP contribution in [0.25, 0.3) is 0 Å². The molecule has 0 saturated carbocycles. The highest BCUT2D eigenvalue weighted by molar-refractivity contribution is 5.68. The van der Waals surface area contributed by atoms with E-state index in [0.29, 0.717) is 13.0 Å². The molecule has 0 radical (unpaired) electrons. The minimum absolute atomic E-state index is 0.192. The van der Waals surface area contributed by atoms with Gasteiger partial charge in [0.15, 0.2) is 0 Å². The lowest BCUT2D eigenvalue weighted by Gasteiger charge is -2.38. The molecule has 7 heteroatoms. The molecule has 1 rings (SSSR count). The Labute approximate surface area is 124 Å². The first-order valence-corrected chi connectivity index (χ1v) is 7.28. The van der Waals surface area contributed by atoms with Gasteiger partial charge in [-0.3, -0.25) is 0 Å². The number of amides is 1. The van der Waals surface area contributed by atoms with Crippen LogP contribution in [0, 0.1) is 5.92 Å². The van der Waals surface area contributed by atoms with Crippen molar-refractivity contribution >= 4 is 6.09 Å². The third-order valence-electron chi connectivity index (χ3n) is 3.36. The fourth-order valence-electron chi connectivity index (χ4n) is 2.38. The second-order valence-electron chi connectivity index (χ2n) is 6.59. The molecule has 0 spiro atoms. The van der Waals surface area contributed by atoms with Crippen molar-refractivity contribution in [3.63, 3.8) is 0 Å². The van der Waals surface area contributed by atoms with E-state index in [1.54, 1.807) is 20.8 Å². The van der Waals surface area contributed by atoms with E-state index in [-0.39, 0.29) is 18.5 Å². The summed E-state index contributed by atoms with van der Waals surface area (Å²) in [6.45, 7) is 7.04. The van der Waals surface area contributed by atoms with Crippen LogP contribution in [0.2, 0.25) is 0 Å². The Hall–Kier alpha value is -0.980. The van der Waals surface area contributed by atoms with E-state index in [4.69, 9.17) is 4.74 Å². The van der Waals surface area contributed by atoms with E-state index in [9.17, 15) is 18.0 Å². The second-order valence-corrected chi connectivity index (χ2v) is 6.59. The summed E-state index contributed by atoms with van der Waals surface area (Å²) in [7, 11) is 0. The number of ether oxygens (including phenoxy) is 1. The molecule has 1 aliphatic rings. The number of rotatable bonds is 3.